The average molecular weight is 274 g/mol. The smallest absolute Gasteiger partial charge is 0.250 e. The van der Waals surface area contributed by atoms with E-state index in [1.807, 2.05) is 19.9 Å². The number of nitriles is 1. The highest BCUT2D eigenvalue weighted by Crippen LogP contribution is 2.21. The van der Waals surface area contributed by atoms with Crippen LogP contribution in [0.15, 0.2) is 16.3 Å². The molecule has 0 saturated carbocycles. The van der Waals surface area contributed by atoms with Gasteiger partial charge in [-0.2, -0.15) is 5.26 Å². The maximum Gasteiger partial charge on any atom is 0.250 e. The van der Waals surface area contributed by atoms with Crippen molar-refractivity contribution in [1.82, 2.24) is 4.72 Å². The summed E-state index contributed by atoms with van der Waals surface area (Å²) in [6, 6.07) is 4.22. The molecule has 1 heterocycles. The molecule has 0 aliphatic carbocycles. The SMILES string of the molecule is CC(C)C(CO)NS(=O)(=O)c1ccc(C#N)s1. The van der Waals surface area contributed by atoms with Gasteiger partial charge in [0.1, 0.15) is 15.2 Å². The van der Waals surface area contributed by atoms with E-state index in [4.69, 9.17) is 10.4 Å². The topological polar surface area (TPSA) is 90.2 Å². The Labute approximate surface area is 105 Å². The van der Waals surface area contributed by atoms with Crippen molar-refractivity contribution in [2.24, 2.45) is 5.92 Å². The quantitative estimate of drug-likeness (QED) is 0.835. The zero-order valence-electron chi connectivity index (χ0n) is 9.54. The summed E-state index contributed by atoms with van der Waals surface area (Å²) in [5.74, 6) is -0.00910. The highest BCUT2D eigenvalue weighted by Gasteiger charge is 2.23. The van der Waals surface area contributed by atoms with Crippen LogP contribution < -0.4 is 4.72 Å². The number of sulfonamides is 1. The monoisotopic (exact) mass is 274 g/mol. The summed E-state index contributed by atoms with van der Waals surface area (Å²) < 4.78 is 26.3. The summed E-state index contributed by atoms with van der Waals surface area (Å²) >= 11 is 0.911. The van der Waals surface area contributed by atoms with E-state index < -0.39 is 16.1 Å². The zero-order valence-corrected chi connectivity index (χ0v) is 11.2. The van der Waals surface area contributed by atoms with Crippen LogP contribution in [-0.4, -0.2) is 26.2 Å². The van der Waals surface area contributed by atoms with Gasteiger partial charge in [0.05, 0.1) is 6.61 Å². The van der Waals surface area contributed by atoms with Gasteiger partial charge in [-0.05, 0) is 18.1 Å². The number of hydrogen-bond donors (Lipinski definition) is 2. The predicted molar refractivity (Wildman–Crippen MR) is 65.1 cm³/mol. The highest BCUT2D eigenvalue weighted by molar-refractivity contribution is 7.91. The van der Waals surface area contributed by atoms with Crippen molar-refractivity contribution in [3.63, 3.8) is 0 Å². The van der Waals surface area contributed by atoms with Crippen LogP contribution >= 0.6 is 11.3 Å². The summed E-state index contributed by atoms with van der Waals surface area (Å²) in [5, 5.41) is 17.7. The van der Waals surface area contributed by atoms with E-state index in [0.717, 1.165) is 11.3 Å². The molecule has 1 rings (SSSR count). The minimum atomic E-state index is -3.65. The van der Waals surface area contributed by atoms with Crippen molar-refractivity contribution in [3.8, 4) is 6.07 Å². The molecule has 1 unspecified atom stereocenters. The summed E-state index contributed by atoms with van der Waals surface area (Å²) in [5.41, 5.74) is 0. The number of rotatable bonds is 5. The van der Waals surface area contributed by atoms with Crippen LogP contribution in [0.25, 0.3) is 0 Å². The van der Waals surface area contributed by atoms with Crippen LogP contribution in [0.5, 0.6) is 0 Å². The molecule has 94 valence electrons. The molecule has 0 saturated heterocycles. The second kappa shape index (κ2) is 5.60. The first-order valence-electron chi connectivity index (χ1n) is 5.04. The van der Waals surface area contributed by atoms with Crippen LogP contribution in [-0.2, 0) is 10.0 Å². The number of aliphatic hydroxyl groups excluding tert-OH is 1. The first-order chi connectivity index (χ1) is 7.90. The lowest BCUT2D eigenvalue weighted by Gasteiger charge is -2.19. The second-order valence-corrected chi connectivity index (χ2v) is 6.91. The average Bonchev–Trinajstić information content (AvgIpc) is 2.74. The fourth-order valence-electron chi connectivity index (χ4n) is 1.17. The molecular weight excluding hydrogens is 260 g/mol. The molecule has 0 bridgehead atoms. The van der Waals surface area contributed by atoms with Crippen molar-refractivity contribution >= 4 is 21.4 Å². The Kier molecular flexibility index (Phi) is 4.65. The van der Waals surface area contributed by atoms with Crippen LogP contribution in [0.4, 0.5) is 0 Å². The Hall–Kier alpha value is -0.940. The molecule has 0 spiro atoms. The molecule has 0 fully saturated rings. The molecule has 2 N–H and O–H groups in total. The van der Waals surface area contributed by atoms with Crippen LogP contribution in [0.3, 0.4) is 0 Å². The maximum absolute atomic E-state index is 11.9. The third-order valence-electron chi connectivity index (χ3n) is 2.26. The molecule has 17 heavy (non-hydrogen) atoms. The molecule has 1 aromatic heterocycles. The van der Waals surface area contributed by atoms with Crippen molar-refractivity contribution < 1.29 is 13.5 Å². The number of aliphatic hydroxyl groups is 1. The van der Waals surface area contributed by atoms with Gasteiger partial charge in [0, 0.05) is 6.04 Å². The minimum Gasteiger partial charge on any atom is -0.395 e. The molecule has 7 heteroatoms. The third kappa shape index (κ3) is 3.51. The lowest BCUT2D eigenvalue weighted by Crippen LogP contribution is -2.40. The maximum atomic E-state index is 11.9. The van der Waals surface area contributed by atoms with Gasteiger partial charge in [-0.25, -0.2) is 13.1 Å². The number of hydrogen-bond acceptors (Lipinski definition) is 5. The van der Waals surface area contributed by atoms with Gasteiger partial charge in [-0.15, -0.1) is 11.3 Å². The normalized spacial score (nSPS) is 13.6. The molecule has 1 aromatic rings. The van der Waals surface area contributed by atoms with Gasteiger partial charge < -0.3 is 5.11 Å². The lowest BCUT2D eigenvalue weighted by molar-refractivity contribution is 0.228. The van der Waals surface area contributed by atoms with Gasteiger partial charge in [-0.3, -0.25) is 0 Å². The Balaban J connectivity index is 2.92. The molecule has 5 nitrogen and oxygen atoms in total. The van der Waals surface area contributed by atoms with Gasteiger partial charge in [0.15, 0.2) is 0 Å². The number of nitrogens with one attached hydrogen (secondary N) is 1. The molecule has 0 radical (unpaired) electrons. The summed E-state index contributed by atoms with van der Waals surface area (Å²) in [6.45, 7) is 3.38. The Morgan fingerprint density at radius 3 is 2.59 bits per heavy atom. The second-order valence-electron chi connectivity index (χ2n) is 3.88. The Morgan fingerprint density at radius 1 is 1.53 bits per heavy atom. The molecule has 0 aromatic carbocycles. The fraction of sp³-hybridized carbons (Fsp3) is 0.500. The Bertz CT molecular complexity index is 514. The van der Waals surface area contributed by atoms with Gasteiger partial charge in [0.25, 0.3) is 0 Å². The Morgan fingerprint density at radius 2 is 2.18 bits per heavy atom. The number of thiophene rings is 1. The molecule has 0 aliphatic heterocycles. The summed E-state index contributed by atoms with van der Waals surface area (Å²) in [7, 11) is -3.65. The number of nitrogens with zero attached hydrogens (tertiary/aromatic N) is 1. The highest BCUT2D eigenvalue weighted by atomic mass is 32.2. The standard InChI is InChI=1S/C10H14N2O3S2/c1-7(2)9(6-13)12-17(14,15)10-4-3-8(5-11)16-10/h3-4,7,9,12-13H,6H2,1-2H3. The van der Waals surface area contributed by atoms with E-state index in [2.05, 4.69) is 4.72 Å². The molecule has 0 amide bonds. The minimum absolute atomic E-state index is 0.00910. The summed E-state index contributed by atoms with van der Waals surface area (Å²) in [6.07, 6.45) is 0. The molecular formula is C10H14N2O3S2. The van der Waals surface area contributed by atoms with Gasteiger partial charge in [-0.1, -0.05) is 13.8 Å². The largest absolute Gasteiger partial charge is 0.395 e. The van der Waals surface area contributed by atoms with E-state index in [1.165, 1.54) is 12.1 Å². The van der Waals surface area contributed by atoms with E-state index in [-0.39, 0.29) is 16.7 Å². The fourth-order valence-corrected chi connectivity index (χ4v) is 3.66. The van der Waals surface area contributed by atoms with E-state index in [0.29, 0.717) is 4.88 Å². The van der Waals surface area contributed by atoms with Gasteiger partial charge >= 0.3 is 0 Å². The van der Waals surface area contributed by atoms with Crippen LogP contribution in [0, 0.1) is 17.2 Å². The molecule has 1 atom stereocenters. The first kappa shape index (κ1) is 14.1. The van der Waals surface area contributed by atoms with Crippen molar-refractivity contribution in [3.05, 3.63) is 17.0 Å². The van der Waals surface area contributed by atoms with Gasteiger partial charge in [0.2, 0.25) is 10.0 Å². The summed E-state index contributed by atoms with van der Waals surface area (Å²) in [4.78, 5) is 0.343. The van der Waals surface area contributed by atoms with E-state index >= 15 is 0 Å². The third-order valence-corrected chi connectivity index (χ3v) is 5.24. The predicted octanol–water partition coefficient (Wildman–Crippen LogP) is 0.915. The van der Waals surface area contributed by atoms with Crippen LogP contribution in [0.2, 0.25) is 0 Å². The van der Waals surface area contributed by atoms with E-state index in [1.54, 1.807) is 0 Å². The van der Waals surface area contributed by atoms with E-state index in [9.17, 15) is 8.42 Å². The van der Waals surface area contributed by atoms with Crippen molar-refractivity contribution in [1.29, 1.82) is 5.26 Å². The first-order valence-corrected chi connectivity index (χ1v) is 7.33. The molecule has 0 aliphatic rings. The lowest BCUT2D eigenvalue weighted by atomic mass is 10.1. The van der Waals surface area contributed by atoms with Crippen LogP contribution in [0.1, 0.15) is 18.7 Å². The van der Waals surface area contributed by atoms with Crippen molar-refractivity contribution in [2.75, 3.05) is 6.61 Å². The zero-order chi connectivity index (χ0) is 13.1. The van der Waals surface area contributed by atoms with Crippen molar-refractivity contribution in [2.45, 2.75) is 24.1 Å².